The number of benzene rings is 2. The van der Waals surface area contributed by atoms with Crippen LogP contribution in [0.1, 0.15) is 5.56 Å². The summed E-state index contributed by atoms with van der Waals surface area (Å²) in [6, 6.07) is 9.09. The molecule has 0 spiro atoms. The Balaban J connectivity index is 1.91. The van der Waals surface area contributed by atoms with E-state index in [0.717, 1.165) is 12.1 Å². The maximum absolute atomic E-state index is 12.6. The van der Waals surface area contributed by atoms with Crippen LogP contribution in [0.2, 0.25) is 0 Å². The van der Waals surface area contributed by atoms with Crippen molar-refractivity contribution in [1.82, 2.24) is 9.97 Å². The highest BCUT2D eigenvalue weighted by molar-refractivity contribution is 5.75. The van der Waals surface area contributed by atoms with Gasteiger partial charge >= 0.3 is 6.18 Å². The first-order chi connectivity index (χ1) is 10.4. The molecule has 22 heavy (non-hydrogen) atoms. The van der Waals surface area contributed by atoms with Crippen LogP contribution in [-0.2, 0) is 6.18 Å². The predicted molar refractivity (Wildman–Crippen MR) is 72.7 cm³/mol. The number of fused-ring (bicyclic) bond motifs is 1. The van der Waals surface area contributed by atoms with Gasteiger partial charge in [-0.15, -0.1) is 0 Å². The molecule has 1 N–H and O–H groups in total. The third-order valence-electron chi connectivity index (χ3n) is 2.91. The highest BCUT2D eigenvalue weighted by Gasteiger charge is 2.30. The van der Waals surface area contributed by atoms with Gasteiger partial charge in [0.25, 0.3) is 0 Å². The number of halogens is 3. The van der Waals surface area contributed by atoms with Crippen molar-refractivity contribution in [2.24, 2.45) is 0 Å². The summed E-state index contributed by atoms with van der Waals surface area (Å²) >= 11 is 0. The number of aromatic nitrogens is 2. The van der Waals surface area contributed by atoms with Gasteiger partial charge in [-0.3, -0.25) is 0 Å². The molecule has 0 fully saturated rings. The second-order valence-corrected chi connectivity index (χ2v) is 4.51. The van der Waals surface area contributed by atoms with Crippen LogP contribution in [0.25, 0.3) is 11.0 Å². The Bertz CT molecular complexity index is 817. The minimum absolute atomic E-state index is 0.0941. The molecular formula is C15H9F3N2O2. The number of phenolic OH excluding ortho intramolecular Hbond substituents is 1. The van der Waals surface area contributed by atoms with Gasteiger partial charge in [0.1, 0.15) is 11.5 Å². The van der Waals surface area contributed by atoms with Gasteiger partial charge in [0.05, 0.1) is 22.8 Å². The van der Waals surface area contributed by atoms with E-state index >= 15 is 0 Å². The first-order valence-electron chi connectivity index (χ1n) is 6.23. The Morgan fingerprint density at radius 3 is 2.36 bits per heavy atom. The van der Waals surface area contributed by atoms with Gasteiger partial charge in [0, 0.05) is 0 Å². The van der Waals surface area contributed by atoms with Crippen LogP contribution in [0.5, 0.6) is 17.4 Å². The Kier molecular flexibility index (Phi) is 3.32. The zero-order chi connectivity index (χ0) is 15.7. The van der Waals surface area contributed by atoms with Gasteiger partial charge in [-0.05, 0) is 42.5 Å². The van der Waals surface area contributed by atoms with Crippen LogP contribution in [0.15, 0.2) is 48.7 Å². The van der Waals surface area contributed by atoms with Crippen LogP contribution in [0.4, 0.5) is 13.2 Å². The van der Waals surface area contributed by atoms with Gasteiger partial charge in [-0.1, -0.05) is 0 Å². The van der Waals surface area contributed by atoms with E-state index in [9.17, 15) is 18.3 Å². The second-order valence-electron chi connectivity index (χ2n) is 4.51. The van der Waals surface area contributed by atoms with Crippen molar-refractivity contribution >= 4 is 11.0 Å². The standard InChI is InChI=1S/C15H9F3N2O2/c16-15(17,18)9-1-6-12-13(7-9)19-8-14(20-12)22-11-4-2-10(21)3-5-11/h1-8,21H. The van der Waals surface area contributed by atoms with Crippen LogP contribution in [0, 0.1) is 0 Å². The van der Waals surface area contributed by atoms with E-state index < -0.39 is 11.7 Å². The molecule has 1 heterocycles. The average molecular weight is 306 g/mol. The molecule has 1 aromatic heterocycles. The van der Waals surface area contributed by atoms with Crippen molar-refractivity contribution in [2.75, 3.05) is 0 Å². The lowest BCUT2D eigenvalue weighted by Gasteiger charge is -2.08. The highest BCUT2D eigenvalue weighted by atomic mass is 19.4. The zero-order valence-electron chi connectivity index (χ0n) is 11.0. The lowest BCUT2D eigenvalue weighted by molar-refractivity contribution is -0.137. The van der Waals surface area contributed by atoms with E-state index in [1.54, 1.807) is 0 Å². The van der Waals surface area contributed by atoms with E-state index in [1.165, 1.54) is 36.5 Å². The number of alkyl halides is 3. The molecule has 2 aromatic carbocycles. The molecule has 112 valence electrons. The molecule has 0 atom stereocenters. The maximum Gasteiger partial charge on any atom is 0.416 e. The summed E-state index contributed by atoms with van der Waals surface area (Å²) in [6.07, 6.45) is -3.17. The number of hydrogen-bond acceptors (Lipinski definition) is 4. The van der Waals surface area contributed by atoms with E-state index in [-0.39, 0.29) is 17.1 Å². The Morgan fingerprint density at radius 2 is 1.68 bits per heavy atom. The summed E-state index contributed by atoms with van der Waals surface area (Å²) < 4.78 is 43.3. The Hall–Kier alpha value is -2.83. The molecule has 7 heteroatoms. The maximum atomic E-state index is 12.6. The molecule has 0 amide bonds. The normalized spacial score (nSPS) is 11.6. The van der Waals surface area contributed by atoms with Gasteiger partial charge in [0.15, 0.2) is 0 Å². The third kappa shape index (κ3) is 2.93. The number of hydrogen-bond donors (Lipinski definition) is 1. The van der Waals surface area contributed by atoms with Crippen molar-refractivity contribution in [3.8, 4) is 17.4 Å². The summed E-state index contributed by atoms with van der Waals surface area (Å²) in [5, 5.41) is 9.18. The molecule has 0 saturated carbocycles. The molecule has 0 aliphatic heterocycles. The smallest absolute Gasteiger partial charge is 0.416 e. The van der Waals surface area contributed by atoms with Crippen LogP contribution < -0.4 is 4.74 Å². The molecule has 3 rings (SSSR count). The molecule has 3 aromatic rings. The minimum Gasteiger partial charge on any atom is -0.508 e. The van der Waals surface area contributed by atoms with E-state index in [4.69, 9.17) is 4.74 Å². The summed E-state index contributed by atoms with van der Waals surface area (Å²) in [5.74, 6) is 0.674. The Morgan fingerprint density at radius 1 is 0.955 bits per heavy atom. The number of phenols is 1. The largest absolute Gasteiger partial charge is 0.508 e. The summed E-state index contributed by atoms with van der Waals surface area (Å²) in [6.45, 7) is 0. The fourth-order valence-electron chi connectivity index (χ4n) is 1.85. The van der Waals surface area contributed by atoms with E-state index in [0.29, 0.717) is 11.3 Å². The lowest BCUT2D eigenvalue weighted by atomic mass is 10.2. The molecule has 0 unspecified atom stereocenters. The van der Waals surface area contributed by atoms with Crippen molar-refractivity contribution in [3.63, 3.8) is 0 Å². The van der Waals surface area contributed by atoms with E-state index in [1.807, 2.05) is 0 Å². The van der Waals surface area contributed by atoms with Gasteiger partial charge < -0.3 is 9.84 Å². The number of ether oxygens (including phenoxy) is 1. The molecule has 0 saturated heterocycles. The molecule has 0 aliphatic carbocycles. The highest BCUT2D eigenvalue weighted by Crippen LogP contribution is 2.31. The summed E-state index contributed by atoms with van der Waals surface area (Å²) in [5.41, 5.74) is -0.348. The number of nitrogens with zero attached hydrogens (tertiary/aromatic N) is 2. The van der Waals surface area contributed by atoms with Crippen LogP contribution in [-0.4, -0.2) is 15.1 Å². The van der Waals surface area contributed by atoms with Crippen LogP contribution >= 0.6 is 0 Å². The van der Waals surface area contributed by atoms with Gasteiger partial charge in [-0.25, -0.2) is 9.97 Å². The molecule has 0 aliphatic rings. The van der Waals surface area contributed by atoms with Gasteiger partial charge in [-0.2, -0.15) is 13.2 Å². The topological polar surface area (TPSA) is 55.2 Å². The van der Waals surface area contributed by atoms with Crippen molar-refractivity contribution in [3.05, 3.63) is 54.2 Å². The van der Waals surface area contributed by atoms with Crippen molar-refractivity contribution in [1.29, 1.82) is 0 Å². The SMILES string of the molecule is Oc1ccc(Oc2cnc3cc(C(F)(F)F)ccc3n2)cc1. The number of aromatic hydroxyl groups is 1. The molecular weight excluding hydrogens is 297 g/mol. The minimum atomic E-state index is -4.42. The predicted octanol–water partition coefficient (Wildman–Crippen LogP) is 4.15. The fourth-order valence-corrected chi connectivity index (χ4v) is 1.85. The first kappa shape index (κ1) is 14.1. The molecule has 0 bridgehead atoms. The second kappa shape index (κ2) is 5.18. The summed E-state index contributed by atoms with van der Waals surface area (Å²) in [4.78, 5) is 8.03. The first-order valence-corrected chi connectivity index (χ1v) is 6.23. The number of rotatable bonds is 2. The monoisotopic (exact) mass is 306 g/mol. The summed E-state index contributed by atoms with van der Waals surface area (Å²) in [7, 11) is 0. The quantitative estimate of drug-likeness (QED) is 0.773. The van der Waals surface area contributed by atoms with Crippen molar-refractivity contribution in [2.45, 2.75) is 6.18 Å². The lowest BCUT2D eigenvalue weighted by Crippen LogP contribution is -2.04. The fraction of sp³-hybridized carbons (Fsp3) is 0.0667. The average Bonchev–Trinajstić information content (AvgIpc) is 2.48. The van der Waals surface area contributed by atoms with Gasteiger partial charge in [0.2, 0.25) is 5.88 Å². The third-order valence-corrected chi connectivity index (χ3v) is 2.91. The zero-order valence-corrected chi connectivity index (χ0v) is 11.0. The van der Waals surface area contributed by atoms with Crippen molar-refractivity contribution < 1.29 is 23.0 Å². The molecule has 0 radical (unpaired) electrons. The Labute approximate surface area is 122 Å². The van der Waals surface area contributed by atoms with E-state index in [2.05, 4.69) is 9.97 Å². The van der Waals surface area contributed by atoms with Crippen LogP contribution in [0.3, 0.4) is 0 Å². The molecule has 4 nitrogen and oxygen atoms in total.